The van der Waals surface area contributed by atoms with Crippen LogP contribution < -0.4 is 0 Å². The second kappa shape index (κ2) is 5.84. The van der Waals surface area contributed by atoms with E-state index in [1.807, 2.05) is 6.07 Å². The molecule has 1 aliphatic rings. The van der Waals surface area contributed by atoms with Crippen molar-refractivity contribution in [2.24, 2.45) is 0 Å². The van der Waals surface area contributed by atoms with Crippen LogP contribution in [-0.2, 0) is 4.79 Å². The molecule has 1 fully saturated rings. The number of carbonyl (C=O) groups is 2. The third-order valence-electron chi connectivity index (χ3n) is 3.08. The SMILES string of the molecule is O=C(O)C1CCCCCN1C(=O)c1ccc(Br)s1. The third-order valence-corrected chi connectivity index (χ3v) is 4.69. The molecule has 1 atom stereocenters. The second-order valence-electron chi connectivity index (χ2n) is 4.31. The first-order valence-electron chi connectivity index (χ1n) is 5.88. The molecule has 1 unspecified atom stereocenters. The Morgan fingerprint density at radius 2 is 2.11 bits per heavy atom. The van der Waals surface area contributed by atoms with E-state index < -0.39 is 12.0 Å². The summed E-state index contributed by atoms with van der Waals surface area (Å²) < 4.78 is 0.882. The molecule has 1 aromatic heterocycles. The molecule has 98 valence electrons. The zero-order valence-corrected chi connectivity index (χ0v) is 12.2. The molecule has 0 radical (unpaired) electrons. The smallest absolute Gasteiger partial charge is 0.326 e. The first kappa shape index (κ1) is 13.5. The summed E-state index contributed by atoms with van der Waals surface area (Å²) in [4.78, 5) is 25.7. The van der Waals surface area contributed by atoms with Crippen molar-refractivity contribution in [2.45, 2.75) is 31.7 Å². The standard InChI is InChI=1S/C12H14BrNO3S/c13-10-6-5-9(18-10)11(15)14-7-3-1-2-4-8(14)12(16)17/h5-6,8H,1-4,7H2,(H,16,17). The molecule has 0 aliphatic carbocycles. The Balaban J connectivity index is 2.22. The summed E-state index contributed by atoms with van der Waals surface area (Å²) in [7, 11) is 0. The average Bonchev–Trinajstić information content (AvgIpc) is 2.63. The lowest BCUT2D eigenvalue weighted by Gasteiger charge is -2.26. The normalized spacial score (nSPS) is 20.5. The molecule has 1 N–H and O–H groups in total. The van der Waals surface area contributed by atoms with Crippen LogP contribution in [0.15, 0.2) is 15.9 Å². The summed E-state index contributed by atoms with van der Waals surface area (Å²) in [6.07, 6.45) is 3.28. The number of nitrogens with zero attached hydrogens (tertiary/aromatic N) is 1. The molecule has 1 aliphatic heterocycles. The number of carboxylic acids is 1. The minimum atomic E-state index is -0.902. The van der Waals surface area contributed by atoms with E-state index >= 15 is 0 Å². The zero-order chi connectivity index (χ0) is 13.1. The maximum absolute atomic E-state index is 12.3. The van der Waals surface area contributed by atoms with Gasteiger partial charge in [-0.1, -0.05) is 12.8 Å². The number of hydrogen-bond acceptors (Lipinski definition) is 3. The van der Waals surface area contributed by atoms with E-state index in [4.69, 9.17) is 0 Å². The van der Waals surface area contributed by atoms with E-state index in [0.29, 0.717) is 17.8 Å². The summed E-state index contributed by atoms with van der Waals surface area (Å²) in [6.45, 7) is 0.533. The molecule has 2 rings (SSSR count). The van der Waals surface area contributed by atoms with Crippen LogP contribution in [0, 0.1) is 0 Å². The molecule has 1 aromatic rings. The molecule has 0 bridgehead atoms. The van der Waals surface area contributed by atoms with E-state index in [1.165, 1.54) is 16.2 Å². The van der Waals surface area contributed by atoms with Gasteiger partial charge in [0, 0.05) is 6.54 Å². The van der Waals surface area contributed by atoms with Crippen molar-refractivity contribution >= 4 is 39.1 Å². The van der Waals surface area contributed by atoms with Crippen LogP contribution in [0.3, 0.4) is 0 Å². The molecular formula is C12H14BrNO3S. The Morgan fingerprint density at radius 3 is 2.72 bits per heavy atom. The lowest BCUT2D eigenvalue weighted by molar-refractivity contribution is -0.142. The largest absolute Gasteiger partial charge is 0.480 e. The van der Waals surface area contributed by atoms with Crippen molar-refractivity contribution in [1.82, 2.24) is 4.90 Å². The van der Waals surface area contributed by atoms with Gasteiger partial charge in [0.05, 0.1) is 8.66 Å². The lowest BCUT2D eigenvalue weighted by atomic mass is 10.1. The second-order valence-corrected chi connectivity index (χ2v) is 6.77. The van der Waals surface area contributed by atoms with Gasteiger partial charge in [-0.05, 0) is 40.9 Å². The first-order chi connectivity index (χ1) is 8.59. The number of likely N-dealkylation sites (tertiary alicyclic amines) is 1. The fourth-order valence-electron chi connectivity index (χ4n) is 2.18. The maximum atomic E-state index is 12.3. The van der Waals surface area contributed by atoms with E-state index in [9.17, 15) is 14.7 Å². The fourth-order valence-corrected chi connectivity index (χ4v) is 3.52. The Labute approximate surface area is 118 Å². The third kappa shape index (κ3) is 2.92. The van der Waals surface area contributed by atoms with Gasteiger partial charge in [-0.2, -0.15) is 0 Å². The van der Waals surface area contributed by atoms with Crippen LogP contribution in [0.4, 0.5) is 0 Å². The van der Waals surface area contributed by atoms with Crippen LogP contribution in [0.1, 0.15) is 35.4 Å². The van der Waals surface area contributed by atoms with Gasteiger partial charge >= 0.3 is 5.97 Å². The lowest BCUT2D eigenvalue weighted by Crippen LogP contribution is -2.44. The molecule has 1 amide bonds. The summed E-state index contributed by atoms with van der Waals surface area (Å²) in [6, 6.07) is 2.87. The summed E-state index contributed by atoms with van der Waals surface area (Å²) in [5.41, 5.74) is 0. The van der Waals surface area contributed by atoms with Crippen LogP contribution in [0.5, 0.6) is 0 Å². The van der Waals surface area contributed by atoms with Crippen LogP contribution >= 0.6 is 27.3 Å². The number of aliphatic carboxylic acids is 1. The molecule has 4 nitrogen and oxygen atoms in total. The van der Waals surface area contributed by atoms with Crippen molar-refractivity contribution in [2.75, 3.05) is 6.54 Å². The van der Waals surface area contributed by atoms with Gasteiger partial charge in [0.1, 0.15) is 6.04 Å². The van der Waals surface area contributed by atoms with E-state index in [0.717, 1.165) is 23.0 Å². The predicted octanol–water partition coefficient (Wildman–Crippen LogP) is 2.98. The van der Waals surface area contributed by atoms with Gasteiger partial charge in [0.2, 0.25) is 0 Å². The first-order valence-corrected chi connectivity index (χ1v) is 7.49. The summed E-state index contributed by atoms with van der Waals surface area (Å²) >= 11 is 4.66. The summed E-state index contributed by atoms with van der Waals surface area (Å²) in [5.74, 6) is -1.07. The average molecular weight is 332 g/mol. The van der Waals surface area contributed by atoms with Crippen LogP contribution in [0.25, 0.3) is 0 Å². The van der Waals surface area contributed by atoms with Crippen LogP contribution in [0.2, 0.25) is 0 Å². The van der Waals surface area contributed by atoms with E-state index in [-0.39, 0.29) is 5.91 Å². The molecule has 2 heterocycles. The number of carbonyl (C=O) groups excluding carboxylic acids is 1. The zero-order valence-electron chi connectivity index (χ0n) is 9.76. The van der Waals surface area contributed by atoms with Gasteiger partial charge in [-0.3, -0.25) is 4.79 Å². The van der Waals surface area contributed by atoms with Gasteiger partial charge in [0.25, 0.3) is 5.91 Å². The minimum absolute atomic E-state index is 0.167. The maximum Gasteiger partial charge on any atom is 0.326 e. The number of thiophene rings is 1. The topological polar surface area (TPSA) is 57.6 Å². The number of halogens is 1. The van der Waals surface area contributed by atoms with Crippen molar-refractivity contribution in [1.29, 1.82) is 0 Å². The highest BCUT2D eigenvalue weighted by Crippen LogP contribution is 2.26. The molecule has 18 heavy (non-hydrogen) atoms. The molecule has 0 spiro atoms. The number of amides is 1. The number of hydrogen-bond donors (Lipinski definition) is 1. The monoisotopic (exact) mass is 331 g/mol. The molecule has 0 saturated carbocycles. The Kier molecular flexibility index (Phi) is 4.40. The van der Waals surface area contributed by atoms with Crippen LogP contribution in [-0.4, -0.2) is 34.5 Å². The van der Waals surface area contributed by atoms with Gasteiger partial charge in [-0.15, -0.1) is 11.3 Å². The van der Waals surface area contributed by atoms with Crippen molar-refractivity contribution in [3.63, 3.8) is 0 Å². The Bertz CT molecular complexity index is 460. The highest BCUT2D eigenvalue weighted by atomic mass is 79.9. The fraction of sp³-hybridized carbons (Fsp3) is 0.500. The molecule has 1 saturated heterocycles. The van der Waals surface area contributed by atoms with E-state index in [1.54, 1.807) is 6.07 Å². The quantitative estimate of drug-likeness (QED) is 0.906. The van der Waals surface area contributed by atoms with Crippen molar-refractivity contribution < 1.29 is 14.7 Å². The minimum Gasteiger partial charge on any atom is -0.480 e. The van der Waals surface area contributed by atoms with Gasteiger partial charge < -0.3 is 10.0 Å². The highest BCUT2D eigenvalue weighted by molar-refractivity contribution is 9.11. The van der Waals surface area contributed by atoms with Crippen molar-refractivity contribution in [3.05, 3.63) is 20.8 Å². The Morgan fingerprint density at radius 1 is 1.33 bits per heavy atom. The molecule has 0 aromatic carbocycles. The number of carboxylic acid groups (broad SMARTS) is 1. The van der Waals surface area contributed by atoms with Gasteiger partial charge in [0.15, 0.2) is 0 Å². The van der Waals surface area contributed by atoms with Gasteiger partial charge in [-0.25, -0.2) is 4.79 Å². The molecule has 6 heteroatoms. The van der Waals surface area contributed by atoms with E-state index in [2.05, 4.69) is 15.9 Å². The highest BCUT2D eigenvalue weighted by Gasteiger charge is 2.31. The predicted molar refractivity (Wildman–Crippen MR) is 72.9 cm³/mol. The molecular weight excluding hydrogens is 318 g/mol. The van der Waals surface area contributed by atoms with Crippen molar-refractivity contribution in [3.8, 4) is 0 Å². The number of rotatable bonds is 2. The Hall–Kier alpha value is -0.880. The summed E-state index contributed by atoms with van der Waals surface area (Å²) in [5, 5.41) is 9.23.